The number of aliphatic hydroxyl groups is 1. The molecule has 0 unspecified atom stereocenters. The average Bonchev–Trinajstić information content (AvgIpc) is 2.17. The van der Waals surface area contributed by atoms with Crippen LogP contribution in [0.15, 0.2) is 6.20 Å². The first-order chi connectivity index (χ1) is 6.61. The average molecular weight is 224 g/mol. The van der Waals surface area contributed by atoms with E-state index in [0.29, 0.717) is 0 Å². The molecule has 1 aromatic rings. The SMILES string of the molecule is COc1cnc(Cl)c(CO)c1C(F)F. The van der Waals surface area contributed by atoms with E-state index < -0.39 is 18.6 Å². The van der Waals surface area contributed by atoms with Gasteiger partial charge in [-0.3, -0.25) is 0 Å². The second-order valence-electron chi connectivity index (χ2n) is 2.47. The maximum Gasteiger partial charge on any atom is 0.267 e. The molecule has 0 fully saturated rings. The summed E-state index contributed by atoms with van der Waals surface area (Å²) >= 11 is 5.54. The lowest BCUT2D eigenvalue weighted by molar-refractivity contribution is 0.142. The number of alkyl halides is 2. The summed E-state index contributed by atoms with van der Waals surface area (Å²) in [5.74, 6) is -0.0755. The quantitative estimate of drug-likeness (QED) is 0.799. The van der Waals surface area contributed by atoms with E-state index in [4.69, 9.17) is 21.4 Å². The third-order valence-corrected chi connectivity index (χ3v) is 2.06. The molecular weight excluding hydrogens is 216 g/mol. The molecule has 0 saturated carbocycles. The van der Waals surface area contributed by atoms with Crippen molar-refractivity contribution in [1.82, 2.24) is 4.98 Å². The Kier molecular flexibility index (Phi) is 3.60. The van der Waals surface area contributed by atoms with Gasteiger partial charge in [0.15, 0.2) is 0 Å². The highest BCUT2D eigenvalue weighted by Crippen LogP contribution is 2.34. The fourth-order valence-corrected chi connectivity index (χ4v) is 1.29. The molecule has 1 N–H and O–H groups in total. The van der Waals surface area contributed by atoms with Gasteiger partial charge in [-0.1, -0.05) is 11.6 Å². The molecule has 1 heterocycles. The van der Waals surface area contributed by atoms with E-state index in [0.717, 1.165) is 6.20 Å². The van der Waals surface area contributed by atoms with Crippen LogP contribution < -0.4 is 4.74 Å². The Hall–Kier alpha value is -0.940. The lowest BCUT2D eigenvalue weighted by Crippen LogP contribution is -2.01. The molecule has 3 nitrogen and oxygen atoms in total. The fourth-order valence-electron chi connectivity index (χ4n) is 1.07. The van der Waals surface area contributed by atoms with Crippen molar-refractivity contribution < 1.29 is 18.6 Å². The van der Waals surface area contributed by atoms with Crippen LogP contribution >= 0.6 is 11.6 Å². The summed E-state index contributed by atoms with van der Waals surface area (Å²) in [5, 5.41) is 8.72. The molecule has 0 radical (unpaired) electrons. The Morgan fingerprint density at radius 1 is 1.64 bits per heavy atom. The van der Waals surface area contributed by atoms with Crippen LogP contribution in [0.2, 0.25) is 5.15 Å². The van der Waals surface area contributed by atoms with Gasteiger partial charge >= 0.3 is 0 Å². The zero-order valence-corrected chi connectivity index (χ0v) is 8.05. The molecule has 0 saturated heterocycles. The number of aromatic nitrogens is 1. The van der Waals surface area contributed by atoms with Gasteiger partial charge < -0.3 is 9.84 Å². The summed E-state index contributed by atoms with van der Waals surface area (Å²) in [5.41, 5.74) is -0.504. The number of hydrogen-bond donors (Lipinski definition) is 1. The maximum atomic E-state index is 12.6. The van der Waals surface area contributed by atoms with Crippen LogP contribution in [-0.2, 0) is 6.61 Å². The highest BCUT2D eigenvalue weighted by atomic mass is 35.5. The van der Waals surface area contributed by atoms with E-state index in [9.17, 15) is 8.78 Å². The zero-order valence-electron chi connectivity index (χ0n) is 7.30. The number of methoxy groups -OCH3 is 1. The molecular formula is C8H8ClF2NO2. The van der Waals surface area contributed by atoms with Crippen molar-refractivity contribution >= 4 is 11.6 Å². The normalized spacial score (nSPS) is 10.7. The van der Waals surface area contributed by atoms with Crippen molar-refractivity contribution in [3.05, 3.63) is 22.5 Å². The largest absolute Gasteiger partial charge is 0.495 e. The Morgan fingerprint density at radius 3 is 2.71 bits per heavy atom. The summed E-state index contributed by atoms with van der Waals surface area (Å²) in [6.07, 6.45) is -1.66. The molecule has 0 bridgehead atoms. The van der Waals surface area contributed by atoms with Crippen LogP contribution in [-0.4, -0.2) is 17.2 Å². The van der Waals surface area contributed by atoms with Gasteiger partial charge in [-0.05, 0) is 0 Å². The fraction of sp³-hybridized carbons (Fsp3) is 0.375. The molecule has 1 aromatic heterocycles. The first kappa shape index (κ1) is 11.1. The third kappa shape index (κ3) is 1.93. The number of ether oxygens (including phenoxy) is 1. The minimum absolute atomic E-state index is 0.0755. The van der Waals surface area contributed by atoms with E-state index in [1.54, 1.807) is 0 Å². The first-order valence-electron chi connectivity index (χ1n) is 3.72. The minimum Gasteiger partial charge on any atom is -0.495 e. The summed E-state index contributed by atoms with van der Waals surface area (Å²) < 4.78 is 29.8. The molecule has 6 heteroatoms. The minimum atomic E-state index is -2.76. The highest BCUT2D eigenvalue weighted by Gasteiger charge is 2.21. The summed E-state index contributed by atoms with van der Waals surface area (Å²) in [4.78, 5) is 3.61. The van der Waals surface area contributed by atoms with Gasteiger partial charge in [0.05, 0.1) is 25.5 Å². The molecule has 0 spiro atoms. The van der Waals surface area contributed by atoms with E-state index in [-0.39, 0.29) is 16.5 Å². The van der Waals surface area contributed by atoms with Crippen molar-refractivity contribution in [1.29, 1.82) is 0 Å². The number of halogens is 3. The lowest BCUT2D eigenvalue weighted by Gasteiger charge is -2.11. The predicted octanol–water partition coefficient (Wildman–Crippen LogP) is 2.17. The van der Waals surface area contributed by atoms with E-state index in [1.165, 1.54) is 7.11 Å². The molecule has 78 valence electrons. The Bertz CT molecular complexity index is 333. The van der Waals surface area contributed by atoms with Crippen LogP contribution in [0.5, 0.6) is 5.75 Å². The summed E-state index contributed by atoms with van der Waals surface area (Å²) in [6, 6.07) is 0. The smallest absolute Gasteiger partial charge is 0.267 e. The number of rotatable bonds is 3. The molecule has 14 heavy (non-hydrogen) atoms. The Labute approximate surface area is 84.3 Å². The second kappa shape index (κ2) is 4.52. The van der Waals surface area contributed by atoms with Gasteiger partial charge in [0, 0.05) is 5.56 Å². The zero-order chi connectivity index (χ0) is 10.7. The molecule has 0 aliphatic carbocycles. The van der Waals surface area contributed by atoms with Gasteiger partial charge in [-0.2, -0.15) is 0 Å². The van der Waals surface area contributed by atoms with Gasteiger partial charge in [0.2, 0.25) is 0 Å². The molecule has 1 rings (SSSR count). The van der Waals surface area contributed by atoms with Crippen LogP contribution in [0.25, 0.3) is 0 Å². The standard InChI is InChI=1S/C8H8ClF2NO2/c1-14-5-2-12-7(9)4(3-13)6(5)8(10)11/h2,8,13H,3H2,1H3. The maximum absolute atomic E-state index is 12.6. The number of aliphatic hydroxyl groups excluding tert-OH is 1. The number of pyridine rings is 1. The molecule has 0 atom stereocenters. The molecule has 0 aliphatic rings. The van der Waals surface area contributed by atoms with Crippen molar-refractivity contribution in [3.63, 3.8) is 0 Å². The summed E-state index contributed by atoms with van der Waals surface area (Å²) in [6.45, 7) is -0.595. The van der Waals surface area contributed by atoms with Crippen molar-refractivity contribution in [3.8, 4) is 5.75 Å². The van der Waals surface area contributed by atoms with Crippen LogP contribution in [0, 0.1) is 0 Å². The first-order valence-corrected chi connectivity index (χ1v) is 4.09. The van der Waals surface area contributed by atoms with Gasteiger partial charge in [-0.15, -0.1) is 0 Å². The highest BCUT2D eigenvalue weighted by molar-refractivity contribution is 6.30. The lowest BCUT2D eigenvalue weighted by atomic mass is 10.1. The van der Waals surface area contributed by atoms with Gasteiger partial charge in [-0.25, -0.2) is 13.8 Å². The molecule has 0 aliphatic heterocycles. The third-order valence-electron chi connectivity index (χ3n) is 1.73. The Morgan fingerprint density at radius 2 is 2.29 bits per heavy atom. The molecule has 0 aromatic carbocycles. The number of hydrogen-bond acceptors (Lipinski definition) is 3. The van der Waals surface area contributed by atoms with E-state index in [2.05, 4.69) is 4.98 Å². The Balaban J connectivity index is 3.36. The topological polar surface area (TPSA) is 42.4 Å². The summed E-state index contributed by atoms with van der Waals surface area (Å²) in [7, 11) is 1.25. The molecule has 0 amide bonds. The van der Waals surface area contributed by atoms with Gasteiger partial charge in [0.1, 0.15) is 10.9 Å². The predicted molar refractivity (Wildman–Crippen MR) is 46.7 cm³/mol. The van der Waals surface area contributed by atoms with Crippen molar-refractivity contribution in [2.75, 3.05) is 7.11 Å². The van der Waals surface area contributed by atoms with E-state index >= 15 is 0 Å². The van der Waals surface area contributed by atoms with Crippen LogP contribution in [0.1, 0.15) is 17.6 Å². The van der Waals surface area contributed by atoms with Gasteiger partial charge in [0.25, 0.3) is 6.43 Å². The van der Waals surface area contributed by atoms with Crippen LogP contribution in [0.3, 0.4) is 0 Å². The van der Waals surface area contributed by atoms with E-state index in [1.807, 2.05) is 0 Å². The number of nitrogens with zero attached hydrogens (tertiary/aromatic N) is 1. The van der Waals surface area contributed by atoms with Crippen molar-refractivity contribution in [2.24, 2.45) is 0 Å². The van der Waals surface area contributed by atoms with Crippen molar-refractivity contribution in [2.45, 2.75) is 13.0 Å². The van der Waals surface area contributed by atoms with Crippen LogP contribution in [0.4, 0.5) is 8.78 Å². The monoisotopic (exact) mass is 223 g/mol. The second-order valence-corrected chi connectivity index (χ2v) is 2.83.